The maximum atomic E-state index is 5.80. The molecule has 0 unspecified atom stereocenters. The summed E-state index contributed by atoms with van der Waals surface area (Å²) in [4.78, 5) is 1.56. The van der Waals surface area contributed by atoms with Gasteiger partial charge in [-0.05, 0) is 41.9 Å². The van der Waals surface area contributed by atoms with Crippen molar-refractivity contribution in [2.24, 2.45) is 0 Å². The summed E-state index contributed by atoms with van der Waals surface area (Å²) >= 11 is 3.49. The fraction of sp³-hybridized carbons (Fsp3) is 0.571. The predicted octanol–water partition coefficient (Wildman–Crippen LogP) is 1.52. The molecule has 18 heavy (non-hydrogen) atoms. The van der Waals surface area contributed by atoms with Crippen LogP contribution in [-0.4, -0.2) is 38.4 Å². The lowest BCUT2D eigenvalue weighted by Crippen LogP contribution is -3.16. The molecule has 0 amide bonds. The Balaban J connectivity index is 1.77. The van der Waals surface area contributed by atoms with E-state index in [1.54, 1.807) is 4.90 Å². The molecule has 1 saturated heterocycles. The molecule has 1 aliphatic rings. The van der Waals surface area contributed by atoms with Crippen molar-refractivity contribution in [2.45, 2.75) is 26.1 Å². The number of rotatable bonds is 4. The van der Waals surface area contributed by atoms with Gasteiger partial charge in [0.05, 0.1) is 4.47 Å². The van der Waals surface area contributed by atoms with Crippen molar-refractivity contribution in [2.75, 3.05) is 26.2 Å². The molecular weight excluding hydrogens is 294 g/mol. The van der Waals surface area contributed by atoms with Gasteiger partial charge in [-0.1, -0.05) is 12.1 Å². The molecule has 0 bridgehead atoms. The predicted molar refractivity (Wildman–Crippen MR) is 75.2 cm³/mol. The Morgan fingerprint density at radius 1 is 1.28 bits per heavy atom. The number of quaternary nitrogens is 1. The van der Waals surface area contributed by atoms with Gasteiger partial charge in [-0.3, -0.25) is 0 Å². The largest absolute Gasteiger partial charge is 0.487 e. The van der Waals surface area contributed by atoms with Crippen LogP contribution in [0.4, 0.5) is 0 Å². The summed E-state index contributed by atoms with van der Waals surface area (Å²) in [6.45, 7) is 8.21. The Labute approximate surface area is 117 Å². The highest BCUT2D eigenvalue weighted by Gasteiger charge is 2.25. The van der Waals surface area contributed by atoms with Crippen molar-refractivity contribution in [1.29, 1.82) is 0 Å². The molecule has 2 rings (SSSR count). The highest BCUT2D eigenvalue weighted by atomic mass is 79.9. The van der Waals surface area contributed by atoms with Crippen LogP contribution in [0.25, 0.3) is 0 Å². The number of halogens is 1. The molecule has 3 nitrogen and oxygen atoms in total. The molecule has 0 radical (unpaired) electrons. The summed E-state index contributed by atoms with van der Waals surface area (Å²) in [5.41, 5.74) is 0. The van der Waals surface area contributed by atoms with Crippen LogP contribution in [0.2, 0.25) is 0 Å². The summed E-state index contributed by atoms with van der Waals surface area (Å²) < 4.78 is 12.5. The Morgan fingerprint density at radius 2 is 1.94 bits per heavy atom. The maximum absolute atomic E-state index is 5.80. The van der Waals surface area contributed by atoms with Crippen LogP contribution in [0.5, 0.6) is 5.75 Å². The van der Waals surface area contributed by atoms with Crippen molar-refractivity contribution in [1.82, 2.24) is 0 Å². The second kappa shape index (κ2) is 6.55. The summed E-state index contributed by atoms with van der Waals surface area (Å²) in [6.07, 6.45) is 0.708. The third-order valence-corrected chi connectivity index (χ3v) is 3.82. The van der Waals surface area contributed by atoms with Gasteiger partial charge in [-0.25, -0.2) is 0 Å². The molecule has 1 N–H and O–H groups in total. The molecular formula is C14H21BrNO2+. The maximum Gasteiger partial charge on any atom is 0.137 e. The molecule has 0 aromatic heterocycles. The topological polar surface area (TPSA) is 22.9 Å². The fourth-order valence-electron chi connectivity index (χ4n) is 2.46. The third-order valence-electron chi connectivity index (χ3n) is 3.17. The average Bonchev–Trinajstić information content (AvgIpc) is 2.30. The summed E-state index contributed by atoms with van der Waals surface area (Å²) in [5.74, 6) is 0.922. The molecule has 0 aliphatic carbocycles. The zero-order valence-corrected chi connectivity index (χ0v) is 12.6. The normalized spacial score (nSPS) is 28.1. The number of hydrogen-bond donors (Lipinski definition) is 1. The number of benzene rings is 1. The smallest absolute Gasteiger partial charge is 0.137 e. The van der Waals surface area contributed by atoms with Crippen LogP contribution >= 0.6 is 15.9 Å². The van der Waals surface area contributed by atoms with Crippen LogP contribution < -0.4 is 9.64 Å². The summed E-state index contributed by atoms with van der Waals surface area (Å²) in [6, 6.07) is 7.98. The lowest BCUT2D eigenvalue weighted by atomic mass is 10.2. The number of para-hydroxylation sites is 1. The second-order valence-corrected chi connectivity index (χ2v) is 5.80. The minimum absolute atomic E-state index is 0.354. The van der Waals surface area contributed by atoms with Crippen molar-refractivity contribution < 1.29 is 14.4 Å². The molecule has 4 heteroatoms. The SMILES string of the molecule is C[C@H]1C[NH+](CCOc2ccccc2Br)C[C@H](C)O1. The number of hydrogen-bond acceptors (Lipinski definition) is 2. The van der Waals surface area contributed by atoms with E-state index in [1.807, 2.05) is 24.3 Å². The first kappa shape index (κ1) is 13.8. The molecule has 1 aromatic rings. The molecule has 1 aliphatic heterocycles. The molecule has 1 fully saturated rings. The standard InChI is InChI=1S/C14H20BrNO2/c1-11-9-16(10-12(2)18-11)7-8-17-14-6-4-3-5-13(14)15/h3-6,11-12H,7-10H2,1-2H3/p+1/t11-,12-/m0/s1. The Bertz CT molecular complexity index is 376. The summed E-state index contributed by atoms with van der Waals surface area (Å²) in [5, 5.41) is 0. The van der Waals surface area contributed by atoms with Crippen LogP contribution in [0.3, 0.4) is 0 Å². The molecule has 0 saturated carbocycles. The number of ether oxygens (including phenoxy) is 2. The van der Waals surface area contributed by atoms with E-state index in [-0.39, 0.29) is 0 Å². The van der Waals surface area contributed by atoms with Gasteiger partial charge in [-0.15, -0.1) is 0 Å². The van der Waals surface area contributed by atoms with Gasteiger partial charge in [0.25, 0.3) is 0 Å². The lowest BCUT2D eigenvalue weighted by Gasteiger charge is -2.32. The zero-order valence-electron chi connectivity index (χ0n) is 11.0. The van der Waals surface area contributed by atoms with E-state index in [0.29, 0.717) is 12.2 Å². The first-order chi connectivity index (χ1) is 8.65. The van der Waals surface area contributed by atoms with Crippen molar-refractivity contribution in [3.8, 4) is 5.75 Å². The Kier molecular flexibility index (Phi) is 5.03. The van der Waals surface area contributed by atoms with E-state index >= 15 is 0 Å². The van der Waals surface area contributed by atoms with Crippen molar-refractivity contribution in [3.05, 3.63) is 28.7 Å². The van der Waals surface area contributed by atoms with E-state index < -0.39 is 0 Å². The van der Waals surface area contributed by atoms with Crippen molar-refractivity contribution >= 4 is 15.9 Å². The van der Waals surface area contributed by atoms with E-state index in [1.165, 1.54) is 0 Å². The third kappa shape index (κ3) is 3.97. The molecule has 2 atom stereocenters. The van der Waals surface area contributed by atoms with Gasteiger partial charge in [0.2, 0.25) is 0 Å². The van der Waals surface area contributed by atoms with Gasteiger partial charge < -0.3 is 14.4 Å². The fourth-order valence-corrected chi connectivity index (χ4v) is 2.86. The monoisotopic (exact) mass is 314 g/mol. The van der Waals surface area contributed by atoms with Gasteiger partial charge in [0.1, 0.15) is 44.2 Å². The number of morpholine rings is 1. The quantitative estimate of drug-likeness (QED) is 0.910. The average molecular weight is 315 g/mol. The van der Waals surface area contributed by atoms with E-state index in [9.17, 15) is 0 Å². The van der Waals surface area contributed by atoms with Crippen LogP contribution in [0.15, 0.2) is 28.7 Å². The Hall–Kier alpha value is -0.580. The molecule has 0 spiro atoms. The van der Waals surface area contributed by atoms with Crippen LogP contribution in [0, 0.1) is 0 Å². The minimum atomic E-state index is 0.354. The van der Waals surface area contributed by atoms with E-state index in [2.05, 4.69) is 29.8 Å². The van der Waals surface area contributed by atoms with E-state index in [4.69, 9.17) is 9.47 Å². The van der Waals surface area contributed by atoms with E-state index in [0.717, 1.165) is 36.5 Å². The zero-order chi connectivity index (χ0) is 13.0. The highest BCUT2D eigenvalue weighted by molar-refractivity contribution is 9.10. The minimum Gasteiger partial charge on any atom is -0.487 e. The molecule has 1 heterocycles. The highest BCUT2D eigenvalue weighted by Crippen LogP contribution is 2.23. The van der Waals surface area contributed by atoms with Gasteiger partial charge >= 0.3 is 0 Å². The lowest BCUT2D eigenvalue weighted by molar-refractivity contribution is -0.915. The first-order valence-corrected chi connectivity index (χ1v) is 7.31. The Morgan fingerprint density at radius 3 is 2.61 bits per heavy atom. The summed E-state index contributed by atoms with van der Waals surface area (Å²) in [7, 11) is 0. The van der Waals surface area contributed by atoms with Crippen molar-refractivity contribution in [3.63, 3.8) is 0 Å². The second-order valence-electron chi connectivity index (χ2n) is 4.94. The first-order valence-electron chi connectivity index (χ1n) is 6.51. The number of nitrogens with one attached hydrogen (secondary N) is 1. The van der Waals surface area contributed by atoms with Gasteiger partial charge in [-0.2, -0.15) is 0 Å². The van der Waals surface area contributed by atoms with Gasteiger partial charge in [0.15, 0.2) is 0 Å². The van der Waals surface area contributed by atoms with Crippen LogP contribution in [0.1, 0.15) is 13.8 Å². The molecule has 100 valence electrons. The van der Waals surface area contributed by atoms with Crippen LogP contribution in [-0.2, 0) is 4.74 Å². The van der Waals surface area contributed by atoms with Gasteiger partial charge in [0, 0.05) is 0 Å². The molecule has 1 aromatic carbocycles.